The molecule has 0 bridgehead atoms. The average Bonchev–Trinajstić information content (AvgIpc) is 3.83. The van der Waals surface area contributed by atoms with Gasteiger partial charge in [-0.15, -0.1) is 0 Å². The summed E-state index contributed by atoms with van der Waals surface area (Å²) in [4.78, 5) is 50.9. The highest BCUT2D eigenvalue weighted by Gasteiger charge is 2.48. The second-order valence-electron chi connectivity index (χ2n) is 14.6. The Morgan fingerprint density at radius 1 is 1.06 bits per heavy atom. The molecule has 7 rings (SSSR count). The van der Waals surface area contributed by atoms with Crippen LogP contribution < -0.4 is 10.2 Å². The average molecular weight is 880 g/mol. The number of ether oxygens (including phenoxy) is 7. The van der Waals surface area contributed by atoms with Gasteiger partial charge in [0.15, 0.2) is 29.5 Å². The van der Waals surface area contributed by atoms with Crippen molar-refractivity contribution in [1.82, 2.24) is 19.5 Å². The van der Waals surface area contributed by atoms with Gasteiger partial charge in [0.1, 0.15) is 31.2 Å². The number of benzene rings is 3. The van der Waals surface area contributed by atoms with E-state index in [1.165, 1.54) is 42.3 Å². The number of non-ortho nitro benzene ring substituents is 1. The number of amides is 1. The lowest BCUT2D eigenvalue weighted by Gasteiger charge is -2.32. The highest BCUT2D eigenvalue weighted by Crippen LogP contribution is 2.37. The van der Waals surface area contributed by atoms with Gasteiger partial charge >= 0.3 is 12.2 Å². The second kappa shape index (κ2) is 18.9. The first-order chi connectivity index (χ1) is 29.7. The molecule has 22 heteroatoms. The van der Waals surface area contributed by atoms with Crippen molar-refractivity contribution in [2.45, 2.75) is 73.5 Å². The third-order valence-corrected chi connectivity index (χ3v) is 12.4. The number of rotatable bonds is 15. The number of imidazole rings is 1. The Morgan fingerprint density at radius 3 is 2.56 bits per heavy atom. The minimum absolute atomic E-state index is 0.00279. The summed E-state index contributed by atoms with van der Waals surface area (Å²) in [5, 5.41) is 26.2. The van der Waals surface area contributed by atoms with Crippen molar-refractivity contribution in [3.8, 4) is 0 Å². The van der Waals surface area contributed by atoms with E-state index in [2.05, 4.69) is 20.3 Å². The molecular formula is C40H45N7O14S. The van der Waals surface area contributed by atoms with Gasteiger partial charge in [-0.1, -0.05) is 36.4 Å². The van der Waals surface area contributed by atoms with Crippen LogP contribution in [-0.2, 0) is 49.4 Å². The number of anilines is 2. The zero-order valence-corrected chi connectivity index (χ0v) is 34.9. The fourth-order valence-corrected chi connectivity index (χ4v) is 8.53. The largest absolute Gasteiger partial charge is 0.509 e. The number of carbonyl (C=O) groups excluding carboxylic acids is 2. The summed E-state index contributed by atoms with van der Waals surface area (Å²) in [6, 6.07) is 16.0. The van der Waals surface area contributed by atoms with E-state index in [0.29, 0.717) is 36.6 Å². The number of hydrogen-bond acceptors (Lipinski definition) is 18. The van der Waals surface area contributed by atoms with Crippen LogP contribution in [0.25, 0.3) is 21.9 Å². The molecule has 4 heterocycles. The number of nitrogens with zero attached hydrogens (tertiary/aromatic N) is 6. The van der Waals surface area contributed by atoms with Gasteiger partial charge in [0.2, 0.25) is 15.3 Å². The molecule has 2 aliphatic heterocycles. The van der Waals surface area contributed by atoms with Crippen LogP contribution in [0.5, 0.6) is 0 Å². The molecule has 21 nitrogen and oxygen atoms in total. The van der Waals surface area contributed by atoms with Crippen LogP contribution in [0.3, 0.4) is 0 Å². The molecule has 0 saturated carbocycles. The van der Waals surface area contributed by atoms with Crippen molar-refractivity contribution < 1.29 is 61.2 Å². The Balaban J connectivity index is 1.04. The predicted molar refractivity (Wildman–Crippen MR) is 219 cm³/mol. The van der Waals surface area contributed by atoms with Crippen molar-refractivity contribution >= 4 is 61.2 Å². The summed E-state index contributed by atoms with van der Waals surface area (Å²) in [5.41, 5.74) is 0.118. The highest BCUT2D eigenvalue weighted by molar-refractivity contribution is 7.92. The number of nitrogens with one attached hydrogen (secondary N) is 1. The van der Waals surface area contributed by atoms with E-state index >= 15 is 0 Å². The van der Waals surface area contributed by atoms with Gasteiger partial charge in [-0.25, -0.2) is 33.0 Å². The lowest BCUT2D eigenvalue weighted by Crippen LogP contribution is -2.42. The van der Waals surface area contributed by atoms with Crippen LogP contribution in [0.4, 0.5) is 26.8 Å². The molecule has 5 aromatic rings. The van der Waals surface area contributed by atoms with Gasteiger partial charge in [0, 0.05) is 62.6 Å². The lowest BCUT2D eigenvalue weighted by atomic mass is 10.1. The molecular weight excluding hydrogens is 835 g/mol. The van der Waals surface area contributed by atoms with Gasteiger partial charge in [-0.2, -0.15) is 0 Å². The van der Waals surface area contributed by atoms with Crippen LogP contribution >= 0.6 is 0 Å². The lowest BCUT2D eigenvalue weighted by molar-refractivity contribution is -0.384. The Morgan fingerprint density at radius 2 is 1.82 bits per heavy atom. The molecule has 7 atom stereocenters. The molecule has 0 aliphatic carbocycles. The summed E-state index contributed by atoms with van der Waals surface area (Å²) in [7, 11) is 1.05. The molecule has 2 N–H and O–H groups in total. The highest BCUT2D eigenvalue weighted by atomic mass is 32.2. The fraction of sp³-hybridized carbons (Fsp3) is 0.425. The van der Waals surface area contributed by atoms with Gasteiger partial charge in [-0.05, 0) is 31.0 Å². The van der Waals surface area contributed by atoms with Crippen LogP contribution in [0.2, 0.25) is 0 Å². The third-order valence-electron chi connectivity index (χ3n) is 10.5. The van der Waals surface area contributed by atoms with Crippen molar-refractivity contribution in [3.63, 3.8) is 0 Å². The predicted octanol–water partition coefficient (Wildman–Crippen LogP) is 4.51. The normalized spacial score (nSPS) is 22.0. The first kappa shape index (κ1) is 44.0. The smallest absolute Gasteiger partial charge is 0.449 e. The molecule has 62 heavy (non-hydrogen) atoms. The number of aromatic nitrogens is 4. The summed E-state index contributed by atoms with van der Waals surface area (Å²) in [5.74, 6) is -0.00279. The molecule has 2 aromatic heterocycles. The summed E-state index contributed by atoms with van der Waals surface area (Å²) < 4.78 is 68.7. The number of hydrogen-bond donors (Lipinski definition) is 2. The minimum Gasteiger partial charge on any atom is -0.449 e. The molecule has 2 aliphatic rings. The number of nitro benzene ring substituents is 1. The van der Waals surface area contributed by atoms with E-state index in [1.807, 2.05) is 25.1 Å². The van der Waals surface area contributed by atoms with Crippen LogP contribution in [-0.4, -0.2) is 127 Å². The minimum atomic E-state index is -4.22. The number of sulfone groups is 1. The Bertz CT molecular complexity index is 2520. The van der Waals surface area contributed by atoms with E-state index in [-0.39, 0.29) is 40.3 Å². The van der Waals surface area contributed by atoms with Gasteiger partial charge in [0.05, 0.1) is 35.5 Å². The SMILES string of the molecule is COC1CCOC(O[C@@H]2[C@H](O)[C@@H](COC(=O)OC(C)S(=O)(=O)c3cccc4c(N(C)C)cccc34)O[C@H]2n2cnc3c(NC(=O)OCCc4ccc([N+](=O)[O-])cc4)ncnc32)C1. The van der Waals surface area contributed by atoms with Crippen molar-refractivity contribution in [3.05, 3.63) is 89.0 Å². The van der Waals surface area contributed by atoms with E-state index in [1.54, 1.807) is 43.5 Å². The molecule has 2 saturated heterocycles. The second-order valence-corrected chi connectivity index (χ2v) is 16.8. The van der Waals surface area contributed by atoms with Gasteiger partial charge in [-0.3, -0.25) is 20.0 Å². The van der Waals surface area contributed by atoms with E-state index in [4.69, 9.17) is 33.2 Å². The van der Waals surface area contributed by atoms with Crippen molar-refractivity contribution in [2.75, 3.05) is 51.2 Å². The van der Waals surface area contributed by atoms with Crippen molar-refractivity contribution in [1.29, 1.82) is 0 Å². The van der Waals surface area contributed by atoms with Crippen LogP contribution in [0.1, 0.15) is 31.6 Å². The Kier molecular flexibility index (Phi) is 13.4. The first-order valence-corrected chi connectivity index (χ1v) is 21.0. The first-order valence-electron chi connectivity index (χ1n) is 19.5. The standard InChI is InChI=1S/C40H45N7O14S/c1-23(62(53,54)31-10-6-7-27-28(31)8-5-9-29(27)45(2)3)59-40(50)58-20-30-34(48)35(61-32-19-26(55-4)16-18-56-32)38(60-30)46-22-43-33-36(41-21-42-37(33)46)44-39(49)57-17-15-24-11-13-25(14-12-24)47(51)52/h5-14,21-23,26,30,32,34-35,38,48H,15-20H2,1-4H3,(H,41,42,44,49)/t23?,26?,30-,32?,34-,35-,38-/m1/s1. The number of nitro groups is 1. The van der Waals surface area contributed by atoms with Crippen LogP contribution in [0.15, 0.2) is 78.2 Å². The molecule has 0 spiro atoms. The number of methoxy groups -OCH3 is 1. The maximum Gasteiger partial charge on any atom is 0.509 e. The maximum absolute atomic E-state index is 13.7. The molecule has 2 fully saturated rings. The number of carbonyl (C=O) groups is 2. The van der Waals surface area contributed by atoms with Gasteiger partial charge in [0.25, 0.3) is 5.69 Å². The van der Waals surface area contributed by atoms with E-state index in [0.717, 1.165) is 11.3 Å². The number of aliphatic hydroxyl groups excluding tert-OH is 1. The number of aliphatic hydroxyl groups is 1. The Hall–Kier alpha value is -6.04. The molecule has 0 radical (unpaired) electrons. The zero-order chi connectivity index (χ0) is 44.1. The molecule has 3 unspecified atom stereocenters. The topological polar surface area (TPSA) is 255 Å². The van der Waals surface area contributed by atoms with Gasteiger partial charge < -0.3 is 43.2 Å². The third kappa shape index (κ3) is 9.54. The van der Waals surface area contributed by atoms with E-state index < -0.39 is 69.9 Å². The molecule has 330 valence electrons. The monoisotopic (exact) mass is 879 g/mol. The molecule has 3 aromatic carbocycles. The summed E-state index contributed by atoms with van der Waals surface area (Å²) in [6.07, 6.45) is -4.36. The zero-order valence-electron chi connectivity index (χ0n) is 34.1. The summed E-state index contributed by atoms with van der Waals surface area (Å²) in [6.45, 7) is 0.934. The van der Waals surface area contributed by atoms with Crippen molar-refractivity contribution in [2.24, 2.45) is 0 Å². The van der Waals surface area contributed by atoms with E-state index in [9.17, 15) is 33.2 Å². The fourth-order valence-electron chi connectivity index (χ4n) is 7.22. The number of fused-ring (bicyclic) bond motifs is 2. The Labute approximate surface area is 354 Å². The maximum atomic E-state index is 13.7. The molecule has 1 amide bonds. The van der Waals surface area contributed by atoms with Crippen LogP contribution in [0, 0.1) is 10.1 Å². The quantitative estimate of drug-likeness (QED) is 0.0833. The summed E-state index contributed by atoms with van der Waals surface area (Å²) >= 11 is 0.